The number of nitrogens with two attached hydrogens (primary N) is 1. The Morgan fingerprint density at radius 2 is 1.69 bits per heavy atom. The number of fused-ring (bicyclic) bond motifs is 2. The summed E-state index contributed by atoms with van der Waals surface area (Å²) in [5.74, 6) is 2.02. The van der Waals surface area contributed by atoms with Crippen molar-refractivity contribution in [3.8, 4) is 35.1 Å². The molecule has 5 rings (SSSR count). The fraction of sp³-hybridized carbons (Fsp3) is 0.120. The zero-order chi connectivity index (χ0) is 22.1. The molecule has 0 amide bonds. The van der Waals surface area contributed by atoms with Crippen LogP contribution in [-0.2, 0) is 6.61 Å². The van der Waals surface area contributed by atoms with Crippen LogP contribution < -0.4 is 24.7 Å². The number of nitrogens with zero attached hydrogens (tertiary/aromatic N) is 2. The molecule has 3 aromatic carbocycles. The summed E-state index contributed by atoms with van der Waals surface area (Å²) in [4.78, 5) is 0. The van der Waals surface area contributed by atoms with Gasteiger partial charge in [0.1, 0.15) is 29.7 Å². The van der Waals surface area contributed by atoms with E-state index in [1.807, 2.05) is 48.5 Å². The van der Waals surface area contributed by atoms with Crippen LogP contribution in [0, 0.1) is 22.7 Å². The van der Waals surface area contributed by atoms with Gasteiger partial charge in [-0.2, -0.15) is 10.5 Å². The van der Waals surface area contributed by atoms with E-state index in [4.69, 9.17) is 24.7 Å². The normalized spacial score (nSPS) is 15.9. The molecule has 2 aliphatic rings. The number of ether oxygens (including phenoxy) is 4. The molecule has 0 spiro atoms. The molecule has 7 heteroatoms. The predicted molar refractivity (Wildman–Crippen MR) is 114 cm³/mol. The van der Waals surface area contributed by atoms with Crippen LogP contribution in [0.4, 0.5) is 0 Å². The maximum absolute atomic E-state index is 9.75. The van der Waals surface area contributed by atoms with Gasteiger partial charge in [-0.05, 0) is 29.8 Å². The van der Waals surface area contributed by atoms with Crippen LogP contribution in [0.1, 0.15) is 28.2 Å². The van der Waals surface area contributed by atoms with E-state index >= 15 is 0 Å². The Hall–Kier alpha value is -4.62. The standard InChI is InChI=1S/C25H17N3O4/c26-11-16-3-1-2-4-17(16)13-29-18-7-5-15(6-8-18)24-19-9-22-23(31-14-30-22)10-21(19)32-25(28)20(24)12-27/h1-10,24H,13-14,28H2/t24-/m1/s1. The molecule has 2 N–H and O–H groups in total. The van der Waals surface area contributed by atoms with Crippen LogP contribution in [0.3, 0.4) is 0 Å². The molecule has 0 bridgehead atoms. The number of benzene rings is 3. The third-order valence-electron chi connectivity index (χ3n) is 5.46. The van der Waals surface area contributed by atoms with E-state index in [1.165, 1.54) is 0 Å². The van der Waals surface area contributed by atoms with Gasteiger partial charge in [0, 0.05) is 17.2 Å². The molecular weight excluding hydrogens is 406 g/mol. The highest BCUT2D eigenvalue weighted by atomic mass is 16.7. The van der Waals surface area contributed by atoms with Gasteiger partial charge in [0.2, 0.25) is 12.7 Å². The Bertz CT molecular complexity index is 1320. The Balaban J connectivity index is 1.44. The minimum atomic E-state index is -0.411. The van der Waals surface area contributed by atoms with Crippen molar-refractivity contribution in [3.05, 3.63) is 94.4 Å². The van der Waals surface area contributed by atoms with Gasteiger partial charge in [-0.25, -0.2) is 0 Å². The van der Waals surface area contributed by atoms with Gasteiger partial charge in [-0.3, -0.25) is 0 Å². The van der Waals surface area contributed by atoms with Crippen LogP contribution in [-0.4, -0.2) is 6.79 Å². The monoisotopic (exact) mass is 423 g/mol. The molecular formula is C25H17N3O4. The Kier molecular flexibility index (Phi) is 4.78. The van der Waals surface area contributed by atoms with Crippen molar-refractivity contribution < 1.29 is 18.9 Å². The Morgan fingerprint density at radius 1 is 0.938 bits per heavy atom. The first kappa shape index (κ1) is 19.3. The van der Waals surface area contributed by atoms with Crippen LogP contribution in [0.5, 0.6) is 23.0 Å². The molecule has 0 radical (unpaired) electrons. The van der Waals surface area contributed by atoms with E-state index in [2.05, 4.69) is 12.1 Å². The molecule has 32 heavy (non-hydrogen) atoms. The summed E-state index contributed by atoms with van der Waals surface area (Å²) in [6.45, 7) is 0.417. The lowest BCUT2D eigenvalue weighted by Crippen LogP contribution is -2.21. The smallest absolute Gasteiger partial charge is 0.231 e. The molecule has 0 aliphatic carbocycles. The van der Waals surface area contributed by atoms with E-state index in [-0.39, 0.29) is 19.3 Å². The Labute approximate surface area is 184 Å². The van der Waals surface area contributed by atoms with Gasteiger partial charge < -0.3 is 24.7 Å². The minimum Gasteiger partial charge on any atom is -0.489 e. The highest BCUT2D eigenvalue weighted by Crippen LogP contribution is 2.47. The molecule has 0 fully saturated rings. The topological polar surface area (TPSA) is 111 Å². The van der Waals surface area contributed by atoms with Gasteiger partial charge in [-0.15, -0.1) is 0 Å². The zero-order valence-electron chi connectivity index (χ0n) is 16.9. The predicted octanol–water partition coefficient (Wildman–Crippen LogP) is 4.08. The van der Waals surface area contributed by atoms with Crippen LogP contribution in [0.25, 0.3) is 0 Å². The van der Waals surface area contributed by atoms with Crippen molar-refractivity contribution >= 4 is 0 Å². The quantitative estimate of drug-likeness (QED) is 0.673. The summed E-state index contributed by atoms with van der Waals surface area (Å²) >= 11 is 0. The minimum absolute atomic E-state index is 0.0669. The average Bonchev–Trinajstić information content (AvgIpc) is 3.28. The summed E-state index contributed by atoms with van der Waals surface area (Å²) in [7, 11) is 0. The van der Waals surface area contributed by atoms with E-state index < -0.39 is 5.92 Å². The van der Waals surface area contributed by atoms with Crippen molar-refractivity contribution in [3.63, 3.8) is 0 Å². The molecule has 0 saturated heterocycles. The molecule has 0 saturated carbocycles. The van der Waals surface area contributed by atoms with Crippen LogP contribution in [0.2, 0.25) is 0 Å². The van der Waals surface area contributed by atoms with Crippen molar-refractivity contribution in [2.75, 3.05) is 6.79 Å². The summed E-state index contributed by atoms with van der Waals surface area (Å²) in [5, 5.41) is 19.0. The van der Waals surface area contributed by atoms with E-state index in [1.54, 1.807) is 12.1 Å². The third kappa shape index (κ3) is 3.32. The van der Waals surface area contributed by atoms with Gasteiger partial charge in [0.15, 0.2) is 11.5 Å². The van der Waals surface area contributed by atoms with Gasteiger partial charge in [-0.1, -0.05) is 30.3 Å². The molecule has 1 atom stereocenters. The molecule has 3 aromatic rings. The molecule has 0 aromatic heterocycles. The highest BCUT2D eigenvalue weighted by molar-refractivity contribution is 5.61. The number of hydrogen-bond acceptors (Lipinski definition) is 7. The number of hydrogen-bond donors (Lipinski definition) is 1. The first-order valence-electron chi connectivity index (χ1n) is 9.90. The average molecular weight is 423 g/mol. The van der Waals surface area contributed by atoms with Crippen molar-refractivity contribution in [1.29, 1.82) is 10.5 Å². The van der Waals surface area contributed by atoms with Crippen molar-refractivity contribution in [1.82, 2.24) is 0 Å². The molecule has 0 unspecified atom stereocenters. The third-order valence-corrected chi connectivity index (χ3v) is 5.46. The largest absolute Gasteiger partial charge is 0.489 e. The van der Waals surface area contributed by atoms with Gasteiger partial charge in [0.25, 0.3) is 0 Å². The van der Waals surface area contributed by atoms with Crippen LogP contribution >= 0.6 is 0 Å². The first-order chi connectivity index (χ1) is 15.7. The maximum Gasteiger partial charge on any atom is 0.231 e. The summed E-state index contributed by atoms with van der Waals surface area (Å²) in [6.07, 6.45) is 0. The van der Waals surface area contributed by atoms with E-state index in [0.717, 1.165) is 16.7 Å². The molecule has 2 aliphatic heterocycles. The summed E-state index contributed by atoms with van der Waals surface area (Å²) < 4.78 is 22.5. The molecule has 7 nitrogen and oxygen atoms in total. The lowest BCUT2D eigenvalue weighted by molar-refractivity contribution is 0.174. The van der Waals surface area contributed by atoms with Gasteiger partial charge in [0.05, 0.1) is 17.6 Å². The first-order valence-corrected chi connectivity index (χ1v) is 9.90. The molecule has 2 heterocycles. The second kappa shape index (κ2) is 7.90. The zero-order valence-corrected chi connectivity index (χ0v) is 16.9. The van der Waals surface area contributed by atoms with Gasteiger partial charge >= 0.3 is 0 Å². The maximum atomic E-state index is 9.75. The summed E-state index contributed by atoms with van der Waals surface area (Å²) in [5.41, 5.74) is 9.42. The van der Waals surface area contributed by atoms with Crippen LogP contribution in [0.15, 0.2) is 72.1 Å². The van der Waals surface area contributed by atoms with E-state index in [0.29, 0.717) is 34.1 Å². The Morgan fingerprint density at radius 3 is 2.44 bits per heavy atom. The SMILES string of the molecule is N#CC1=C(N)Oc2cc3c(cc2[C@H]1c1ccc(OCc2ccccc2C#N)cc1)OCO3. The lowest BCUT2D eigenvalue weighted by Gasteiger charge is -2.26. The molecule has 156 valence electrons. The van der Waals surface area contributed by atoms with Crippen molar-refractivity contribution in [2.24, 2.45) is 5.73 Å². The number of allylic oxidation sites excluding steroid dienone is 1. The lowest BCUT2D eigenvalue weighted by atomic mass is 9.83. The second-order valence-corrected chi connectivity index (χ2v) is 7.29. The fourth-order valence-corrected chi connectivity index (χ4v) is 3.86. The second-order valence-electron chi connectivity index (χ2n) is 7.29. The highest BCUT2D eigenvalue weighted by Gasteiger charge is 2.33. The van der Waals surface area contributed by atoms with E-state index in [9.17, 15) is 10.5 Å². The number of rotatable bonds is 4. The number of nitriles is 2. The summed E-state index contributed by atoms with van der Waals surface area (Å²) in [6, 6.07) is 22.7. The van der Waals surface area contributed by atoms with Crippen molar-refractivity contribution in [2.45, 2.75) is 12.5 Å². The fourth-order valence-electron chi connectivity index (χ4n) is 3.86.